The minimum atomic E-state index is -3.75. The first-order valence-electron chi connectivity index (χ1n) is 6.50. The lowest BCUT2D eigenvalue weighted by Gasteiger charge is -2.07. The van der Waals surface area contributed by atoms with Gasteiger partial charge in [0.05, 0.1) is 4.88 Å². The largest absolute Gasteiger partial charge is 0.352 e. The summed E-state index contributed by atoms with van der Waals surface area (Å²) in [7, 11) is -3.75. The van der Waals surface area contributed by atoms with Crippen LogP contribution in [0.25, 0.3) is 0 Å². The summed E-state index contributed by atoms with van der Waals surface area (Å²) in [5.74, 6) is -0.274. The molecule has 0 saturated carbocycles. The number of hydrogen-bond acceptors (Lipinski definition) is 4. The van der Waals surface area contributed by atoms with Crippen molar-refractivity contribution in [3.8, 4) is 0 Å². The molecule has 22 heavy (non-hydrogen) atoms. The highest BCUT2D eigenvalue weighted by molar-refractivity contribution is 7.93. The van der Waals surface area contributed by atoms with Crippen molar-refractivity contribution in [2.24, 2.45) is 0 Å². The molecule has 0 spiro atoms. The molecule has 0 atom stereocenters. The van der Waals surface area contributed by atoms with Crippen molar-refractivity contribution in [2.75, 3.05) is 11.3 Å². The van der Waals surface area contributed by atoms with Gasteiger partial charge in [0.25, 0.3) is 15.9 Å². The van der Waals surface area contributed by atoms with Gasteiger partial charge in [-0.15, -0.1) is 11.3 Å². The standard InChI is InChI=1S/C14H15ClN2O3S2/c1-3-16-14(18)12-8-13(9(2)21-12)22(19,20)17-11-6-4-10(15)5-7-11/h4-8,17H,3H2,1-2H3,(H,16,18). The van der Waals surface area contributed by atoms with E-state index >= 15 is 0 Å². The predicted molar refractivity (Wildman–Crippen MR) is 89.3 cm³/mol. The summed E-state index contributed by atoms with van der Waals surface area (Å²) in [6, 6.07) is 7.74. The molecule has 1 heterocycles. The maximum atomic E-state index is 12.4. The quantitative estimate of drug-likeness (QED) is 0.861. The van der Waals surface area contributed by atoms with Gasteiger partial charge in [0, 0.05) is 22.1 Å². The van der Waals surface area contributed by atoms with E-state index in [-0.39, 0.29) is 10.8 Å². The van der Waals surface area contributed by atoms with E-state index in [0.717, 1.165) is 11.3 Å². The third-order valence-electron chi connectivity index (χ3n) is 2.82. The first kappa shape index (κ1) is 16.8. The number of rotatable bonds is 5. The van der Waals surface area contributed by atoms with E-state index in [9.17, 15) is 13.2 Å². The second-order valence-corrected chi connectivity index (χ2v) is 7.85. The molecule has 1 aromatic heterocycles. The maximum absolute atomic E-state index is 12.4. The van der Waals surface area contributed by atoms with Gasteiger partial charge in [-0.3, -0.25) is 9.52 Å². The van der Waals surface area contributed by atoms with Crippen LogP contribution in [0.1, 0.15) is 21.5 Å². The summed E-state index contributed by atoms with van der Waals surface area (Å²) >= 11 is 6.92. The summed E-state index contributed by atoms with van der Waals surface area (Å²) < 4.78 is 27.3. The summed E-state index contributed by atoms with van der Waals surface area (Å²) in [4.78, 5) is 12.8. The molecular weight excluding hydrogens is 344 g/mol. The van der Waals surface area contributed by atoms with Crippen LogP contribution in [-0.4, -0.2) is 20.9 Å². The normalized spacial score (nSPS) is 11.2. The van der Waals surface area contributed by atoms with E-state index < -0.39 is 10.0 Å². The Labute approximate surface area is 138 Å². The first-order valence-corrected chi connectivity index (χ1v) is 9.18. The molecule has 2 N–H and O–H groups in total. The minimum Gasteiger partial charge on any atom is -0.352 e. The minimum absolute atomic E-state index is 0.105. The molecule has 0 fully saturated rings. The average molecular weight is 359 g/mol. The van der Waals surface area contributed by atoms with Crippen molar-refractivity contribution in [1.82, 2.24) is 5.32 Å². The molecule has 2 rings (SSSR count). The number of carbonyl (C=O) groups is 1. The van der Waals surface area contributed by atoms with Gasteiger partial charge >= 0.3 is 0 Å². The van der Waals surface area contributed by atoms with Gasteiger partial charge in [-0.05, 0) is 44.2 Å². The molecule has 0 aliphatic heterocycles. The van der Waals surface area contributed by atoms with Crippen molar-refractivity contribution < 1.29 is 13.2 Å². The van der Waals surface area contributed by atoms with Crippen LogP contribution in [-0.2, 0) is 10.0 Å². The van der Waals surface area contributed by atoms with Crippen LogP contribution in [0.5, 0.6) is 0 Å². The van der Waals surface area contributed by atoms with Crippen LogP contribution in [0, 0.1) is 6.92 Å². The Kier molecular flexibility index (Phi) is 5.10. The van der Waals surface area contributed by atoms with Gasteiger partial charge in [0.2, 0.25) is 0 Å². The summed E-state index contributed by atoms with van der Waals surface area (Å²) in [5.41, 5.74) is 0.412. The molecule has 1 aromatic carbocycles. The summed E-state index contributed by atoms with van der Waals surface area (Å²) in [6.45, 7) is 3.96. The number of thiophene rings is 1. The molecule has 118 valence electrons. The molecule has 8 heteroatoms. The Bertz CT molecular complexity index is 783. The number of halogens is 1. The maximum Gasteiger partial charge on any atom is 0.263 e. The number of anilines is 1. The Morgan fingerprint density at radius 2 is 1.91 bits per heavy atom. The van der Waals surface area contributed by atoms with E-state index in [0.29, 0.717) is 27.0 Å². The number of carbonyl (C=O) groups excluding carboxylic acids is 1. The number of aryl methyl sites for hydroxylation is 1. The van der Waals surface area contributed by atoms with Gasteiger partial charge in [0.15, 0.2) is 0 Å². The van der Waals surface area contributed by atoms with Gasteiger partial charge < -0.3 is 5.32 Å². The topological polar surface area (TPSA) is 75.3 Å². The molecular formula is C14H15ClN2O3S2. The van der Waals surface area contributed by atoms with Gasteiger partial charge in [0.1, 0.15) is 4.90 Å². The fourth-order valence-electron chi connectivity index (χ4n) is 1.82. The second-order valence-electron chi connectivity index (χ2n) is 4.50. The van der Waals surface area contributed by atoms with E-state index in [4.69, 9.17) is 11.6 Å². The van der Waals surface area contributed by atoms with Gasteiger partial charge in [-0.1, -0.05) is 11.6 Å². The second kappa shape index (κ2) is 6.68. The number of benzene rings is 1. The van der Waals surface area contributed by atoms with Crippen LogP contribution < -0.4 is 10.0 Å². The number of hydrogen-bond donors (Lipinski definition) is 2. The van der Waals surface area contributed by atoms with Crippen LogP contribution in [0.15, 0.2) is 35.2 Å². The Morgan fingerprint density at radius 1 is 1.27 bits per heavy atom. The van der Waals surface area contributed by atoms with Crippen molar-refractivity contribution in [2.45, 2.75) is 18.7 Å². The lowest BCUT2D eigenvalue weighted by molar-refractivity contribution is 0.0959. The first-order chi connectivity index (χ1) is 10.3. The summed E-state index contributed by atoms with van der Waals surface area (Å²) in [6.07, 6.45) is 0. The SMILES string of the molecule is CCNC(=O)c1cc(S(=O)(=O)Nc2ccc(Cl)cc2)c(C)s1. The third kappa shape index (κ3) is 3.79. The Balaban J connectivity index is 2.29. The van der Waals surface area contributed by atoms with E-state index in [1.54, 1.807) is 38.1 Å². The fraction of sp³-hybridized carbons (Fsp3) is 0.214. The van der Waals surface area contributed by atoms with Crippen molar-refractivity contribution in [1.29, 1.82) is 0 Å². The van der Waals surface area contributed by atoms with Crippen LogP contribution in [0.3, 0.4) is 0 Å². The van der Waals surface area contributed by atoms with Gasteiger partial charge in [-0.2, -0.15) is 0 Å². The van der Waals surface area contributed by atoms with E-state index in [1.807, 2.05) is 0 Å². The molecule has 0 bridgehead atoms. The van der Waals surface area contributed by atoms with Crippen molar-refractivity contribution in [3.05, 3.63) is 45.1 Å². The highest BCUT2D eigenvalue weighted by atomic mass is 35.5. The molecule has 0 aliphatic rings. The molecule has 0 aliphatic carbocycles. The van der Waals surface area contributed by atoms with Crippen molar-refractivity contribution in [3.63, 3.8) is 0 Å². The zero-order chi connectivity index (χ0) is 16.3. The average Bonchev–Trinajstić information content (AvgIpc) is 2.84. The molecule has 0 radical (unpaired) electrons. The van der Waals surface area contributed by atoms with Crippen LogP contribution in [0.4, 0.5) is 5.69 Å². The number of sulfonamides is 1. The van der Waals surface area contributed by atoms with E-state index in [2.05, 4.69) is 10.0 Å². The molecule has 0 saturated heterocycles. The predicted octanol–water partition coefficient (Wildman–Crippen LogP) is 3.26. The van der Waals surface area contributed by atoms with Crippen molar-refractivity contribution >= 4 is 44.6 Å². The van der Waals surface area contributed by atoms with Gasteiger partial charge in [-0.25, -0.2) is 8.42 Å². The molecule has 2 aromatic rings. The van der Waals surface area contributed by atoms with Crippen LogP contribution >= 0.6 is 22.9 Å². The fourth-order valence-corrected chi connectivity index (χ4v) is 4.51. The third-order valence-corrected chi connectivity index (χ3v) is 5.76. The lowest BCUT2D eigenvalue weighted by Crippen LogP contribution is -2.21. The lowest BCUT2D eigenvalue weighted by atomic mass is 10.3. The summed E-state index contributed by atoms with van der Waals surface area (Å²) in [5, 5.41) is 3.17. The molecule has 5 nitrogen and oxygen atoms in total. The number of nitrogens with one attached hydrogen (secondary N) is 2. The zero-order valence-electron chi connectivity index (χ0n) is 12.0. The van der Waals surface area contributed by atoms with Crippen LogP contribution in [0.2, 0.25) is 5.02 Å². The Hall–Kier alpha value is -1.57. The molecule has 0 unspecified atom stereocenters. The monoisotopic (exact) mass is 358 g/mol. The Morgan fingerprint density at radius 3 is 2.50 bits per heavy atom. The molecule has 1 amide bonds. The zero-order valence-corrected chi connectivity index (χ0v) is 14.4. The highest BCUT2D eigenvalue weighted by Crippen LogP contribution is 2.27. The number of amides is 1. The van der Waals surface area contributed by atoms with E-state index in [1.165, 1.54) is 6.07 Å². The highest BCUT2D eigenvalue weighted by Gasteiger charge is 2.22. The smallest absolute Gasteiger partial charge is 0.263 e.